The summed E-state index contributed by atoms with van der Waals surface area (Å²) in [6.07, 6.45) is 0.141. The second-order valence-corrected chi connectivity index (χ2v) is 4.87. The smallest absolute Gasteiger partial charge is 0.323 e. The fourth-order valence-corrected chi connectivity index (χ4v) is 2.03. The summed E-state index contributed by atoms with van der Waals surface area (Å²) in [4.78, 5) is 24.3. The van der Waals surface area contributed by atoms with E-state index >= 15 is 0 Å². The third-order valence-electron chi connectivity index (χ3n) is 3.04. The maximum atomic E-state index is 12.2. The Hall–Kier alpha value is -2.24. The first-order valence-corrected chi connectivity index (χ1v) is 6.37. The van der Waals surface area contributed by atoms with Crippen molar-refractivity contribution in [2.45, 2.75) is 26.3 Å². The largest absolute Gasteiger partial charge is 0.480 e. The van der Waals surface area contributed by atoms with Gasteiger partial charge in [0.1, 0.15) is 6.54 Å². The van der Waals surface area contributed by atoms with E-state index in [0.29, 0.717) is 11.5 Å². The van der Waals surface area contributed by atoms with Crippen molar-refractivity contribution in [1.29, 1.82) is 0 Å². The molecule has 108 valence electrons. The number of carbonyl (C=O) groups excluding carboxylic acids is 1. The monoisotopic (exact) mass is 279 g/mol. The topological polar surface area (TPSA) is 76.1 Å². The summed E-state index contributed by atoms with van der Waals surface area (Å²) in [7, 11) is 0. The Labute approximate surface area is 116 Å². The van der Waals surface area contributed by atoms with Crippen LogP contribution in [0.4, 0.5) is 0 Å². The second-order valence-electron chi connectivity index (χ2n) is 4.87. The highest BCUT2D eigenvalue weighted by Crippen LogP contribution is 2.32. The molecule has 0 saturated carbocycles. The molecule has 1 amide bonds. The molecule has 1 aromatic rings. The summed E-state index contributed by atoms with van der Waals surface area (Å²) >= 11 is 0. The number of fused-ring (bicyclic) bond motifs is 1. The van der Waals surface area contributed by atoms with Crippen LogP contribution in [0, 0.1) is 0 Å². The van der Waals surface area contributed by atoms with Gasteiger partial charge in [-0.3, -0.25) is 9.59 Å². The van der Waals surface area contributed by atoms with Crippen LogP contribution >= 0.6 is 0 Å². The summed E-state index contributed by atoms with van der Waals surface area (Å²) in [6.45, 7) is 3.48. The summed E-state index contributed by atoms with van der Waals surface area (Å²) < 4.78 is 10.5. The van der Waals surface area contributed by atoms with E-state index in [1.807, 2.05) is 0 Å². The van der Waals surface area contributed by atoms with E-state index in [1.165, 1.54) is 4.90 Å². The summed E-state index contributed by atoms with van der Waals surface area (Å²) in [6, 6.07) is 5.12. The van der Waals surface area contributed by atoms with Crippen LogP contribution < -0.4 is 9.47 Å². The van der Waals surface area contributed by atoms with Gasteiger partial charge in [0.05, 0.1) is 6.42 Å². The van der Waals surface area contributed by atoms with E-state index in [4.69, 9.17) is 14.6 Å². The molecule has 0 unspecified atom stereocenters. The van der Waals surface area contributed by atoms with E-state index in [-0.39, 0.29) is 31.7 Å². The number of carboxylic acid groups (broad SMARTS) is 1. The number of hydrogen-bond donors (Lipinski definition) is 1. The van der Waals surface area contributed by atoms with E-state index in [2.05, 4.69) is 0 Å². The number of rotatable bonds is 5. The van der Waals surface area contributed by atoms with Crippen molar-refractivity contribution in [2.75, 3.05) is 13.3 Å². The van der Waals surface area contributed by atoms with Crippen molar-refractivity contribution >= 4 is 11.9 Å². The molecule has 6 heteroatoms. The standard InChI is InChI=1S/C14H17NO5/c1-9(2)15(7-14(17)18)13(16)6-10-3-4-11-12(5-10)20-8-19-11/h3-5,9H,6-8H2,1-2H3,(H,17,18). The molecule has 1 N–H and O–H groups in total. The minimum absolute atomic E-state index is 0.141. The molecule has 1 aromatic carbocycles. The van der Waals surface area contributed by atoms with Gasteiger partial charge in [-0.05, 0) is 31.5 Å². The Morgan fingerprint density at radius 3 is 2.65 bits per heavy atom. The lowest BCUT2D eigenvalue weighted by Gasteiger charge is -2.25. The first kappa shape index (κ1) is 14.2. The van der Waals surface area contributed by atoms with Crippen molar-refractivity contribution in [1.82, 2.24) is 4.90 Å². The lowest BCUT2D eigenvalue weighted by atomic mass is 10.1. The molecular weight excluding hydrogens is 262 g/mol. The van der Waals surface area contributed by atoms with Crippen LogP contribution in [-0.4, -0.2) is 41.3 Å². The molecule has 20 heavy (non-hydrogen) atoms. The fraction of sp³-hybridized carbons (Fsp3) is 0.429. The number of ether oxygens (including phenoxy) is 2. The number of aliphatic carboxylic acids is 1. The minimum atomic E-state index is -1.02. The number of benzene rings is 1. The lowest BCUT2D eigenvalue weighted by Crippen LogP contribution is -2.41. The van der Waals surface area contributed by atoms with Crippen molar-refractivity contribution in [3.63, 3.8) is 0 Å². The van der Waals surface area contributed by atoms with Gasteiger partial charge in [-0.25, -0.2) is 0 Å². The van der Waals surface area contributed by atoms with E-state index in [9.17, 15) is 9.59 Å². The van der Waals surface area contributed by atoms with Gasteiger partial charge in [-0.1, -0.05) is 6.07 Å². The fourth-order valence-electron chi connectivity index (χ4n) is 2.03. The molecule has 0 aromatic heterocycles. The van der Waals surface area contributed by atoms with Crippen LogP contribution in [-0.2, 0) is 16.0 Å². The van der Waals surface area contributed by atoms with Gasteiger partial charge < -0.3 is 19.5 Å². The Balaban J connectivity index is 2.07. The Bertz CT molecular complexity index is 526. The van der Waals surface area contributed by atoms with Gasteiger partial charge in [-0.15, -0.1) is 0 Å². The first-order chi connectivity index (χ1) is 9.47. The zero-order chi connectivity index (χ0) is 14.7. The second kappa shape index (κ2) is 5.81. The molecule has 0 fully saturated rings. The number of nitrogens with zero attached hydrogens (tertiary/aromatic N) is 1. The third kappa shape index (κ3) is 3.20. The molecule has 0 saturated heterocycles. The van der Waals surface area contributed by atoms with Gasteiger partial charge in [0.25, 0.3) is 0 Å². The Morgan fingerprint density at radius 1 is 1.30 bits per heavy atom. The molecular formula is C14H17NO5. The highest BCUT2D eigenvalue weighted by molar-refractivity contribution is 5.83. The van der Waals surface area contributed by atoms with Gasteiger partial charge >= 0.3 is 5.97 Å². The van der Waals surface area contributed by atoms with Crippen molar-refractivity contribution in [3.8, 4) is 11.5 Å². The van der Waals surface area contributed by atoms with E-state index in [1.54, 1.807) is 32.0 Å². The molecule has 1 heterocycles. The van der Waals surface area contributed by atoms with Gasteiger partial charge in [-0.2, -0.15) is 0 Å². The molecule has 0 aliphatic carbocycles. The number of hydrogen-bond acceptors (Lipinski definition) is 4. The average Bonchev–Trinajstić information content (AvgIpc) is 2.82. The molecule has 6 nitrogen and oxygen atoms in total. The minimum Gasteiger partial charge on any atom is -0.480 e. The van der Waals surface area contributed by atoms with Gasteiger partial charge in [0, 0.05) is 6.04 Å². The predicted octanol–water partition coefficient (Wildman–Crippen LogP) is 1.28. The van der Waals surface area contributed by atoms with Crippen LogP contribution in [0.1, 0.15) is 19.4 Å². The predicted molar refractivity (Wildman–Crippen MR) is 70.8 cm³/mol. The zero-order valence-corrected chi connectivity index (χ0v) is 11.5. The number of carboxylic acids is 1. The summed E-state index contributed by atoms with van der Waals surface area (Å²) in [5.74, 6) is 0.0380. The maximum Gasteiger partial charge on any atom is 0.323 e. The van der Waals surface area contributed by atoms with E-state index in [0.717, 1.165) is 5.56 Å². The highest BCUT2D eigenvalue weighted by atomic mass is 16.7. The Morgan fingerprint density at radius 2 is 2.00 bits per heavy atom. The molecule has 0 bridgehead atoms. The zero-order valence-electron chi connectivity index (χ0n) is 11.5. The maximum absolute atomic E-state index is 12.2. The van der Waals surface area contributed by atoms with Crippen LogP contribution in [0.2, 0.25) is 0 Å². The SMILES string of the molecule is CC(C)N(CC(=O)O)C(=O)Cc1ccc2c(c1)OCO2. The third-order valence-corrected chi connectivity index (χ3v) is 3.04. The average molecular weight is 279 g/mol. The molecule has 1 aliphatic rings. The number of amides is 1. The lowest BCUT2D eigenvalue weighted by molar-refractivity contribution is -0.145. The molecule has 0 atom stereocenters. The first-order valence-electron chi connectivity index (χ1n) is 6.37. The Kier molecular flexibility index (Phi) is 4.12. The van der Waals surface area contributed by atoms with Gasteiger partial charge in [0.2, 0.25) is 12.7 Å². The normalized spacial score (nSPS) is 12.6. The van der Waals surface area contributed by atoms with Crippen molar-refractivity contribution < 1.29 is 24.2 Å². The van der Waals surface area contributed by atoms with Crippen molar-refractivity contribution in [2.24, 2.45) is 0 Å². The molecule has 0 radical (unpaired) electrons. The van der Waals surface area contributed by atoms with Crippen LogP contribution in [0.5, 0.6) is 11.5 Å². The molecule has 2 rings (SSSR count). The molecule has 1 aliphatic heterocycles. The van der Waals surface area contributed by atoms with Crippen molar-refractivity contribution in [3.05, 3.63) is 23.8 Å². The molecule has 0 spiro atoms. The van der Waals surface area contributed by atoms with Crippen LogP contribution in [0.15, 0.2) is 18.2 Å². The summed E-state index contributed by atoms with van der Waals surface area (Å²) in [5.41, 5.74) is 0.773. The number of carbonyl (C=O) groups is 2. The highest BCUT2D eigenvalue weighted by Gasteiger charge is 2.21. The van der Waals surface area contributed by atoms with E-state index < -0.39 is 5.97 Å². The van der Waals surface area contributed by atoms with Crippen LogP contribution in [0.25, 0.3) is 0 Å². The summed E-state index contributed by atoms with van der Waals surface area (Å²) in [5, 5.41) is 8.84. The quantitative estimate of drug-likeness (QED) is 0.878. The van der Waals surface area contributed by atoms with Crippen LogP contribution in [0.3, 0.4) is 0 Å². The van der Waals surface area contributed by atoms with Gasteiger partial charge in [0.15, 0.2) is 11.5 Å².